The van der Waals surface area contributed by atoms with Crippen molar-refractivity contribution in [2.24, 2.45) is 0 Å². The van der Waals surface area contributed by atoms with Crippen LogP contribution in [0.1, 0.15) is 13.3 Å². The summed E-state index contributed by atoms with van der Waals surface area (Å²) in [5.41, 5.74) is 0. The molecule has 2 amide bonds. The lowest BCUT2D eigenvalue weighted by atomic mass is 10.4. The van der Waals surface area contributed by atoms with Crippen LogP contribution in [0.5, 0.6) is 0 Å². The van der Waals surface area contributed by atoms with Crippen molar-refractivity contribution in [3.63, 3.8) is 0 Å². The molecule has 0 bridgehead atoms. The lowest BCUT2D eigenvalue weighted by Crippen LogP contribution is -2.25. The molecule has 7 heteroatoms. The first-order valence-corrected chi connectivity index (χ1v) is 4.08. The highest BCUT2D eigenvalue weighted by Gasteiger charge is 2.03. The molecular weight excluding hydrogens is 186 g/mol. The van der Waals surface area contributed by atoms with Crippen LogP contribution in [-0.2, 0) is 9.59 Å². The van der Waals surface area contributed by atoms with Gasteiger partial charge in [-0.25, -0.2) is 5.10 Å². The molecule has 0 saturated carbocycles. The molecule has 1 aromatic rings. The number of H-pyrrole nitrogens is 1. The number of carbonyl (C=O) groups excluding carboxylic acids is 2. The molecule has 0 aliphatic carbocycles. The molecule has 0 aliphatic heterocycles. The van der Waals surface area contributed by atoms with Crippen LogP contribution in [0.4, 0.5) is 5.95 Å². The molecule has 14 heavy (non-hydrogen) atoms. The molecule has 76 valence electrons. The van der Waals surface area contributed by atoms with Gasteiger partial charge in [0.05, 0.1) is 0 Å². The topological polar surface area (TPSA) is 99.8 Å². The fraction of sp³-hybridized carbons (Fsp3) is 0.429. The van der Waals surface area contributed by atoms with Crippen molar-refractivity contribution in [1.29, 1.82) is 0 Å². The van der Waals surface area contributed by atoms with Gasteiger partial charge in [-0.15, -0.1) is 0 Å². The Bertz CT molecular complexity index is 308. The second-order valence-electron chi connectivity index (χ2n) is 2.62. The molecule has 0 fully saturated rings. The molecular formula is C7H11N5O2. The van der Waals surface area contributed by atoms with E-state index >= 15 is 0 Å². The number of nitrogens with zero attached hydrogens (tertiary/aromatic N) is 2. The minimum absolute atomic E-state index is 0.155. The van der Waals surface area contributed by atoms with Gasteiger partial charge in [0.15, 0.2) is 0 Å². The van der Waals surface area contributed by atoms with E-state index in [1.807, 2.05) is 0 Å². The number of hydrogen-bond donors (Lipinski definition) is 3. The third-order valence-corrected chi connectivity index (χ3v) is 1.40. The van der Waals surface area contributed by atoms with Gasteiger partial charge in [0.2, 0.25) is 17.8 Å². The highest BCUT2D eigenvalue weighted by Crippen LogP contribution is 1.93. The standard InChI is InChI=1S/C7H11N5O2/c1-5(13)8-3-2-6(14)11-7-9-4-10-12-7/h4H,2-3H2,1H3,(H,8,13)(H2,9,10,11,12,14). The van der Waals surface area contributed by atoms with Gasteiger partial charge >= 0.3 is 0 Å². The molecule has 0 atom stereocenters. The lowest BCUT2D eigenvalue weighted by Gasteiger charge is -2.01. The van der Waals surface area contributed by atoms with Crippen LogP contribution in [-0.4, -0.2) is 33.5 Å². The first-order valence-electron chi connectivity index (χ1n) is 4.08. The quantitative estimate of drug-likeness (QED) is 0.592. The van der Waals surface area contributed by atoms with Crippen molar-refractivity contribution < 1.29 is 9.59 Å². The van der Waals surface area contributed by atoms with Crippen LogP contribution < -0.4 is 10.6 Å². The summed E-state index contributed by atoms with van der Waals surface area (Å²) in [4.78, 5) is 25.3. The molecule has 1 rings (SSSR count). The normalized spacial score (nSPS) is 9.50. The number of anilines is 1. The van der Waals surface area contributed by atoms with Crippen LogP contribution >= 0.6 is 0 Å². The SMILES string of the molecule is CC(=O)NCCC(=O)Nc1ncn[nH]1. The summed E-state index contributed by atoms with van der Waals surface area (Å²) in [5.74, 6) is -0.0780. The van der Waals surface area contributed by atoms with Crippen molar-refractivity contribution in [3.05, 3.63) is 6.33 Å². The molecule has 1 heterocycles. The second kappa shape index (κ2) is 4.95. The van der Waals surface area contributed by atoms with E-state index in [0.717, 1.165) is 0 Å². The monoisotopic (exact) mass is 197 g/mol. The number of rotatable bonds is 4. The number of aromatic nitrogens is 3. The van der Waals surface area contributed by atoms with E-state index < -0.39 is 0 Å². The van der Waals surface area contributed by atoms with Crippen molar-refractivity contribution in [3.8, 4) is 0 Å². The van der Waals surface area contributed by atoms with Crippen LogP contribution in [0.2, 0.25) is 0 Å². The molecule has 0 radical (unpaired) electrons. The third-order valence-electron chi connectivity index (χ3n) is 1.40. The van der Waals surface area contributed by atoms with Gasteiger partial charge in [0, 0.05) is 19.9 Å². The summed E-state index contributed by atoms with van der Waals surface area (Å²) in [5, 5.41) is 11.0. The van der Waals surface area contributed by atoms with E-state index in [-0.39, 0.29) is 18.2 Å². The molecule has 0 saturated heterocycles. The first-order chi connectivity index (χ1) is 6.68. The second-order valence-corrected chi connectivity index (χ2v) is 2.62. The zero-order valence-electron chi connectivity index (χ0n) is 7.70. The Morgan fingerprint density at radius 2 is 2.36 bits per heavy atom. The number of amides is 2. The predicted molar refractivity (Wildman–Crippen MR) is 48.3 cm³/mol. The average Bonchev–Trinajstić information content (AvgIpc) is 2.56. The van der Waals surface area contributed by atoms with Gasteiger partial charge in [0.25, 0.3) is 0 Å². The smallest absolute Gasteiger partial charge is 0.228 e. The van der Waals surface area contributed by atoms with Gasteiger partial charge in [-0.05, 0) is 0 Å². The summed E-state index contributed by atoms with van der Waals surface area (Å²) in [6.07, 6.45) is 1.50. The van der Waals surface area contributed by atoms with E-state index in [2.05, 4.69) is 25.8 Å². The molecule has 3 N–H and O–H groups in total. The van der Waals surface area contributed by atoms with Crippen LogP contribution in [0.3, 0.4) is 0 Å². The van der Waals surface area contributed by atoms with Crippen molar-refractivity contribution in [1.82, 2.24) is 20.5 Å². The minimum atomic E-state index is -0.226. The lowest BCUT2D eigenvalue weighted by molar-refractivity contribution is -0.119. The predicted octanol–water partition coefficient (Wildman–Crippen LogP) is -0.731. The molecule has 0 unspecified atom stereocenters. The summed E-state index contributed by atoms with van der Waals surface area (Å²) in [6, 6.07) is 0. The average molecular weight is 197 g/mol. The zero-order valence-corrected chi connectivity index (χ0v) is 7.70. The summed E-state index contributed by atoms with van der Waals surface area (Å²) in [7, 11) is 0. The van der Waals surface area contributed by atoms with Crippen molar-refractivity contribution in [2.45, 2.75) is 13.3 Å². The van der Waals surface area contributed by atoms with Crippen LogP contribution in [0.15, 0.2) is 6.33 Å². The number of hydrogen-bond acceptors (Lipinski definition) is 4. The van der Waals surface area contributed by atoms with E-state index in [4.69, 9.17) is 0 Å². The third kappa shape index (κ3) is 3.65. The van der Waals surface area contributed by atoms with Crippen molar-refractivity contribution in [2.75, 3.05) is 11.9 Å². The molecule has 0 spiro atoms. The van der Waals surface area contributed by atoms with Crippen LogP contribution in [0, 0.1) is 0 Å². The largest absolute Gasteiger partial charge is 0.356 e. The Morgan fingerprint density at radius 3 is 2.93 bits per heavy atom. The van der Waals surface area contributed by atoms with Crippen molar-refractivity contribution >= 4 is 17.8 Å². The molecule has 7 nitrogen and oxygen atoms in total. The summed E-state index contributed by atoms with van der Waals surface area (Å²) < 4.78 is 0. The fourth-order valence-electron chi connectivity index (χ4n) is 0.812. The Morgan fingerprint density at radius 1 is 1.57 bits per heavy atom. The molecule has 0 aromatic carbocycles. The maximum Gasteiger partial charge on any atom is 0.228 e. The Balaban J connectivity index is 2.20. The van der Waals surface area contributed by atoms with E-state index in [1.54, 1.807) is 0 Å². The van der Waals surface area contributed by atoms with E-state index in [0.29, 0.717) is 12.5 Å². The van der Waals surface area contributed by atoms with E-state index in [1.165, 1.54) is 13.3 Å². The minimum Gasteiger partial charge on any atom is -0.356 e. The number of aromatic amines is 1. The number of nitrogens with one attached hydrogen (secondary N) is 3. The zero-order chi connectivity index (χ0) is 10.4. The summed E-state index contributed by atoms with van der Waals surface area (Å²) in [6.45, 7) is 1.71. The summed E-state index contributed by atoms with van der Waals surface area (Å²) >= 11 is 0. The van der Waals surface area contributed by atoms with Gasteiger partial charge in [0.1, 0.15) is 6.33 Å². The first kappa shape index (κ1) is 10.2. The highest BCUT2D eigenvalue weighted by atomic mass is 16.2. The Labute approximate surface area is 80.3 Å². The van der Waals surface area contributed by atoms with Crippen LogP contribution in [0.25, 0.3) is 0 Å². The maximum atomic E-state index is 11.1. The van der Waals surface area contributed by atoms with Gasteiger partial charge in [-0.3, -0.25) is 14.9 Å². The van der Waals surface area contributed by atoms with Gasteiger partial charge in [-0.2, -0.15) is 10.1 Å². The fourth-order valence-corrected chi connectivity index (χ4v) is 0.812. The van der Waals surface area contributed by atoms with Gasteiger partial charge in [-0.1, -0.05) is 0 Å². The molecule has 1 aromatic heterocycles. The highest BCUT2D eigenvalue weighted by molar-refractivity contribution is 5.89. The van der Waals surface area contributed by atoms with Gasteiger partial charge < -0.3 is 5.32 Å². The molecule has 0 aliphatic rings. The number of carbonyl (C=O) groups is 2. The van der Waals surface area contributed by atoms with E-state index in [9.17, 15) is 9.59 Å². The maximum absolute atomic E-state index is 11.1. The Kier molecular flexibility index (Phi) is 3.59. The Hall–Kier alpha value is -1.92.